The van der Waals surface area contributed by atoms with Crippen molar-refractivity contribution < 1.29 is 0 Å². The molecule has 2 aromatic rings. The van der Waals surface area contributed by atoms with Crippen molar-refractivity contribution in [2.75, 3.05) is 0 Å². The highest BCUT2D eigenvalue weighted by molar-refractivity contribution is 9.08. The Hall–Kier alpha value is -1.16. The predicted molar refractivity (Wildman–Crippen MR) is 77.6 cm³/mol. The van der Waals surface area contributed by atoms with Crippen LogP contribution in [0.5, 0.6) is 0 Å². The van der Waals surface area contributed by atoms with Crippen LogP contribution in [0.25, 0.3) is 5.82 Å². The van der Waals surface area contributed by atoms with Gasteiger partial charge in [-0.3, -0.25) is 0 Å². The number of hydrogen-bond donors (Lipinski definition) is 0. The fourth-order valence-electron chi connectivity index (χ4n) is 2.31. The highest BCUT2D eigenvalue weighted by Crippen LogP contribution is 2.20. The van der Waals surface area contributed by atoms with Gasteiger partial charge in [-0.1, -0.05) is 22.9 Å². The van der Waals surface area contributed by atoms with Gasteiger partial charge in [0.05, 0.1) is 5.69 Å². The normalized spacial score (nSPS) is 10.9. The molecule has 3 nitrogen and oxygen atoms in total. The molecule has 0 spiro atoms. The fraction of sp³-hybridized carbons (Fsp3) is 0.429. The van der Waals surface area contributed by atoms with Crippen molar-refractivity contribution in [2.24, 2.45) is 0 Å². The average Bonchev–Trinajstić information content (AvgIpc) is 2.64. The van der Waals surface area contributed by atoms with Crippen LogP contribution < -0.4 is 0 Å². The first kappa shape index (κ1) is 13.3. The van der Waals surface area contributed by atoms with Crippen molar-refractivity contribution in [3.8, 4) is 5.82 Å². The molecule has 2 aromatic heterocycles. The zero-order valence-electron chi connectivity index (χ0n) is 11.3. The van der Waals surface area contributed by atoms with E-state index in [0.717, 1.165) is 28.8 Å². The molecule has 0 aliphatic carbocycles. The summed E-state index contributed by atoms with van der Waals surface area (Å²) in [5.74, 6) is 0.931. The summed E-state index contributed by atoms with van der Waals surface area (Å²) < 4.78 is 1.96. The zero-order chi connectivity index (χ0) is 13.3. The predicted octanol–water partition coefficient (Wildman–Crippen LogP) is 3.65. The topological polar surface area (TPSA) is 30.7 Å². The second kappa shape index (κ2) is 5.22. The van der Waals surface area contributed by atoms with E-state index in [1.807, 2.05) is 10.9 Å². The van der Waals surface area contributed by atoms with Crippen molar-refractivity contribution >= 4 is 15.9 Å². The third-order valence-electron chi connectivity index (χ3n) is 3.26. The summed E-state index contributed by atoms with van der Waals surface area (Å²) in [4.78, 5) is 4.54. The highest BCUT2D eigenvalue weighted by atomic mass is 79.9. The summed E-state index contributed by atoms with van der Waals surface area (Å²) in [6.07, 6.45) is 2.91. The second-order valence-corrected chi connectivity index (χ2v) is 5.09. The maximum Gasteiger partial charge on any atom is 0.156 e. The summed E-state index contributed by atoms with van der Waals surface area (Å²) in [6, 6.07) is 2.15. The molecule has 0 aliphatic rings. The molecular formula is C14H18BrN3. The van der Waals surface area contributed by atoms with Crippen LogP contribution in [0, 0.1) is 20.8 Å². The Morgan fingerprint density at radius 2 is 2.00 bits per heavy atom. The number of aromatic nitrogens is 3. The van der Waals surface area contributed by atoms with Crippen LogP contribution in [-0.2, 0) is 11.8 Å². The largest absolute Gasteiger partial charge is 0.237 e. The minimum Gasteiger partial charge on any atom is -0.237 e. The molecule has 0 aromatic carbocycles. The van der Waals surface area contributed by atoms with Crippen LogP contribution in [-0.4, -0.2) is 14.8 Å². The molecule has 0 unspecified atom stereocenters. The number of hydrogen-bond acceptors (Lipinski definition) is 2. The van der Waals surface area contributed by atoms with Gasteiger partial charge in [0.2, 0.25) is 0 Å². The molecule has 0 saturated heterocycles. The van der Waals surface area contributed by atoms with Gasteiger partial charge in [-0.05, 0) is 49.9 Å². The fourth-order valence-corrected chi connectivity index (χ4v) is 2.62. The Kier molecular flexibility index (Phi) is 3.85. The van der Waals surface area contributed by atoms with E-state index in [0.29, 0.717) is 0 Å². The van der Waals surface area contributed by atoms with Gasteiger partial charge in [-0.2, -0.15) is 5.10 Å². The van der Waals surface area contributed by atoms with E-state index in [1.54, 1.807) is 0 Å². The Labute approximate surface area is 116 Å². The monoisotopic (exact) mass is 307 g/mol. The van der Waals surface area contributed by atoms with Gasteiger partial charge in [0.25, 0.3) is 0 Å². The summed E-state index contributed by atoms with van der Waals surface area (Å²) in [5.41, 5.74) is 5.95. The third kappa shape index (κ3) is 2.21. The minimum atomic E-state index is 0.832. The van der Waals surface area contributed by atoms with Crippen molar-refractivity contribution in [3.05, 3.63) is 40.3 Å². The number of halogens is 1. The molecule has 0 bridgehead atoms. The molecule has 0 N–H and O–H groups in total. The molecule has 0 atom stereocenters. The van der Waals surface area contributed by atoms with Crippen molar-refractivity contribution in [2.45, 2.75) is 39.4 Å². The summed E-state index contributed by atoms with van der Waals surface area (Å²) in [7, 11) is 0. The molecule has 0 fully saturated rings. The maximum atomic E-state index is 4.61. The molecule has 96 valence electrons. The molecule has 0 saturated carbocycles. The lowest BCUT2D eigenvalue weighted by molar-refractivity contribution is 0.796. The number of alkyl halides is 1. The first-order valence-corrected chi connectivity index (χ1v) is 7.27. The molecule has 18 heavy (non-hydrogen) atoms. The molecule has 0 radical (unpaired) electrons. The molecule has 0 amide bonds. The molecule has 2 heterocycles. The second-order valence-electron chi connectivity index (χ2n) is 4.53. The summed E-state index contributed by atoms with van der Waals surface area (Å²) >= 11 is 3.45. The van der Waals surface area contributed by atoms with Crippen LogP contribution in [0.15, 0.2) is 12.3 Å². The van der Waals surface area contributed by atoms with Crippen molar-refractivity contribution in [1.29, 1.82) is 0 Å². The lowest BCUT2D eigenvalue weighted by Crippen LogP contribution is -2.05. The van der Waals surface area contributed by atoms with E-state index >= 15 is 0 Å². The smallest absolute Gasteiger partial charge is 0.156 e. The van der Waals surface area contributed by atoms with Crippen LogP contribution in [0.4, 0.5) is 0 Å². The van der Waals surface area contributed by atoms with Gasteiger partial charge in [0, 0.05) is 17.2 Å². The van der Waals surface area contributed by atoms with Gasteiger partial charge in [-0.15, -0.1) is 0 Å². The molecule has 0 aliphatic heterocycles. The highest BCUT2D eigenvalue weighted by Gasteiger charge is 2.13. The quantitative estimate of drug-likeness (QED) is 0.810. The lowest BCUT2D eigenvalue weighted by atomic mass is 10.1. The van der Waals surface area contributed by atoms with Crippen LogP contribution in [0.2, 0.25) is 0 Å². The van der Waals surface area contributed by atoms with Gasteiger partial charge >= 0.3 is 0 Å². The number of nitrogens with zero attached hydrogens (tertiary/aromatic N) is 3. The third-order valence-corrected chi connectivity index (χ3v) is 3.90. The first-order valence-electron chi connectivity index (χ1n) is 6.15. The van der Waals surface area contributed by atoms with Gasteiger partial charge in [0.15, 0.2) is 5.82 Å². The molecule has 4 heteroatoms. The summed E-state index contributed by atoms with van der Waals surface area (Å²) in [5, 5.41) is 5.44. The Bertz CT molecular complexity index is 573. The van der Waals surface area contributed by atoms with Crippen LogP contribution in [0.1, 0.15) is 35.0 Å². The Morgan fingerprint density at radius 1 is 1.28 bits per heavy atom. The molecular weight excluding hydrogens is 290 g/mol. The first-order chi connectivity index (χ1) is 8.58. The number of rotatable bonds is 3. The average molecular weight is 308 g/mol. The van der Waals surface area contributed by atoms with E-state index in [4.69, 9.17) is 0 Å². The van der Waals surface area contributed by atoms with Crippen molar-refractivity contribution in [3.63, 3.8) is 0 Å². The Balaban J connectivity index is 2.55. The standard InChI is InChI=1S/C14H18BrN3/c1-5-13-10(3)17-18(11(13)4)14-9(2)6-12(7-15)8-16-14/h6,8H,5,7H2,1-4H3. The zero-order valence-corrected chi connectivity index (χ0v) is 12.9. The van der Waals surface area contributed by atoms with E-state index in [1.165, 1.54) is 16.8 Å². The minimum absolute atomic E-state index is 0.832. The SMILES string of the molecule is CCc1c(C)nn(-c2ncc(CBr)cc2C)c1C. The van der Waals surface area contributed by atoms with E-state index in [-0.39, 0.29) is 0 Å². The van der Waals surface area contributed by atoms with Gasteiger partial charge < -0.3 is 0 Å². The van der Waals surface area contributed by atoms with E-state index in [9.17, 15) is 0 Å². The van der Waals surface area contributed by atoms with Gasteiger partial charge in [-0.25, -0.2) is 9.67 Å². The lowest BCUT2D eigenvalue weighted by Gasteiger charge is -2.08. The Morgan fingerprint density at radius 3 is 2.50 bits per heavy atom. The van der Waals surface area contributed by atoms with E-state index in [2.05, 4.69) is 59.8 Å². The van der Waals surface area contributed by atoms with Crippen LogP contribution >= 0.6 is 15.9 Å². The van der Waals surface area contributed by atoms with Crippen molar-refractivity contribution in [1.82, 2.24) is 14.8 Å². The number of pyridine rings is 1. The number of aryl methyl sites for hydroxylation is 2. The van der Waals surface area contributed by atoms with Gasteiger partial charge in [0.1, 0.15) is 0 Å². The maximum absolute atomic E-state index is 4.61. The van der Waals surface area contributed by atoms with Crippen LogP contribution in [0.3, 0.4) is 0 Å². The molecule has 2 rings (SSSR count). The summed E-state index contributed by atoms with van der Waals surface area (Å²) in [6.45, 7) is 8.41. The van der Waals surface area contributed by atoms with E-state index < -0.39 is 0 Å².